The van der Waals surface area contributed by atoms with Gasteiger partial charge in [0.2, 0.25) is 0 Å². The molecule has 1 fully saturated rings. The first-order valence-electron chi connectivity index (χ1n) is 10.8. The Morgan fingerprint density at radius 3 is 2.31 bits per heavy atom. The fourth-order valence-corrected chi connectivity index (χ4v) is 4.38. The molecule has 0 aromatic heterocycles. The molecule has 168 valence electrons. The van der Waals surface area contributed by atoms with Crippen LogP contribution < -0.4 is 14.5 Å². The van der Waals surface area contributed by atoms with Crippen molar-refractivity contribution in [3.8, 4) is 5.75 Å². The van der Waals surface area contributed by atoms with Crippen LogP contribution in [-0.2, 0) is 9.59 Å². The molecule has 7 heteroatoms. The maximum atomic E-state index is 13.6. The van der Waals surface area contributed by atoms with Crippen molar-refractivity contribution in [1.82, 2.24) is 4.90 Å². The van der Waals surface area contributed by atoms with Gasteiger partial charge in [-0.25, -0.2) is 4.90 Å². The molecule has 0 saturated carbocycles. The van der Waals surface area contributed by atoms with Gasteiger partial charge in [0, 0.05) is 39.5 Å². The number of carbonyl (C=O) groups excluding carboxylic acids is 2. The summed E-state index contributed by atoms with van der Waals surface area (Å²) in [6, 6.07) is 14.6. The van der Waals surface area contributed by atoms with E-state index in [1.807, 2.05) is 48.2 Å². The number of anilines is 2. The molecular formula is C25H29N3O4. The lowest BCUT2D eigenvalue weighted by Crippen LogP contribution is -2.40. The van der Waals surface area contributed by atoms with Gasteiger partial charge in [-0.2, -0.15) is 0 Å². The van der Waals surface area contributed by atoms with Crippen LogP contribution in [0.2, 0.25) is 0 Å². The topological polar surface area (TPSA) is 73.3 Å². The molecular weight excluding hydrogens is 406 g/mol. The minimum atomic E-state index is -0.334. The van der Waals surface area contributed by atoms with Crippen LogP contribution in [0.25, 0.3) is 5.57 Å². The summed E-state index contributed by atoms with van der Waals surface area (Å²) in [6.07, 6.45) is 1.78. The third kappa shape index (κ3) is 3.96. The van der Waals surface area contributed by atoms with Crippen molar-refractivity contribution in [2.45, 2.75) is 12.8 Å². The van der Waals surface area contributed by atoms with Gasteiger partial charge < -0.3 is 19.6 Å². The molecule has 2 aliphatic heterocycles. The monoisotopic (exact) mass is 435 g/mol. The summed E-state index contributed by atoms with van der Waals surface area (Å²) < 4.78 is 5.25. The molecule has 1 saturated heterocycles. The number of hydrogen-bond acceptors (Lipinski definition) is 6. The number of piperidine rings is 1. The molecule has 1 atom stereocenters. The summed E-state index contributed by atoms with van der Waals surface area (Å²) in [5.74, 6) is 0.114. The number of methoxy groups -OCH3 is 1. The number of likely N-dealkylation sites (tertiary alicyclic amines) is 1. The van der Waals surface area contributed by atoms with Crippen molar-refractivity contribution in [2.24, 2.45) is 5.92 Å². The number of benzene rings is 2. The lowest BCUT2D eigenvalue weighted by atomic mass is 9.97. The molecule has 0 aliphatic carbocycles. The maximum absolute atomic E-state index is 13.6. The van der Waals surface area contributed by atoms with Crippen LogP contribution in [0, 0.1) is 5.92 Å². The first-order valence-corrected chi connectivity index (χ1v) is 10.8. The first kappa shape index (κ1) is 21.9. The van der Waals surface area contributed by atoms with Crippen molar-refractivity contribution in [1.29, 1.82) is 0 Å². The second-order valence-corrected chi connectivity index (χ2v) is 8.45. The molecule has 2 amide bonds. The summed E-state index contributed by atoms with van der Waals surface area (Å²) in [7, 11) is 5.47. The smallest absolute Gasteiger partial charge is 0.282 e. The molecule has 0 radical (unpaired) electrons. The van der Waals surface area contributed by atoms with Gasteiger partial charge in [-0.3, -0.25) is 9.59 Å². The quantitative estimate of drug-likeness (QED) is 0.704. The Bertz CT molecular complexity index is 1030. The van der Waals surface area contributed by atoms with Gasteiger partial charge in [-0.1, -0.05) is 12.1 Å². The molecule has 7 nitrogen and oxygen atoms in total. The van der Waals surface area contributed by atoms with Crippen molar-refractivity contribution in [3.05, 3.63) is 59.8 Å². The number of rotatable bonds is 6. The van der Waals surface area contributed by atoms with E-state index in [1.54, 1.807) is 31.4 Å². The molecule has 0 spiro atoms. The van der Waals surface area contributed by atoms with Crippen LogP contribution in [0.3, 0.4) is 0 Å². The Labute approximate surface area is 188 Å². The number of nitrogens with zero attached hydrogens (tertiary/aromatic N) is 3. The van der Waals surface area contributed by atoms with Crippen molar-refractivity contribution < 1.29 is 19.4 Å². The number of imide groups is 1. The van der Waals surface area contributed by atoms with Gasteiger partial charge in [0.15, 0.2) is 0 Å². The number of aliphatic hydroxyl groups excluding tert-OH is 1. The van der Waals surface area contributed by atoms with Gasteiger partial charge in [-0.05, 0) is 60.7 Å². The fraction of sp³-hybridized carbons (Fsp3) is 0.360. The predicted octanol–water partition coefficient (Wildman–Crippen LogP) is 2.75. The van der Waals surface area contributed by atoms with E-state index >= 15 is 0 Å². The van der Waals surface area contributed by atoms with Gasteiger partial charge in [0.25, 0.3) is 11.8 Å². The maximum Gasteiger partial charge on any atom is 0.282 e. The van der Waals surface area contributed by atoms with Crippen LogP contribution in [-0.4, -0.2) is 62.7 Å². The molecule has 32 heavy (non-hydrogen) atoms. The molecule has 2 aromatic carbocycles. The lowest BCUT2D eigenvalue weighted by Gasteiger charge is -2.34. The Balaban J connectivity index is 1.77. The zero-order chi connectivity index (χ0) is 22.8. The Kier molecular flexibility index (Phi) is 6.19. The Morgan fingerprint density at radius 2 is 1.72 bits per heavy atom. The molecule has 4 rings (SSSR count). The fourth-order valence-electron chi connectivity index (χ4n) is 4.38. The molecule has 2 aliphatic rings. The van der Waals surface area contributed by atoms with E-state index in [4.69, 9.17) is 4.74 Å². The van der Waals surface area contributed by atoms with E-state index in [0.29, 0.717) is 41.4 Å². The van der Waals surface area contributed by atoms with Crippen LogP contribution >= 0.6 is 0 Å². The van der Waals surface area contributed by atoms with E-state index in [0.717, 1.165) is 18.5 Å². The average Bonchev–Trinajstić information content (AvgIpc) is 3.09. The van der Waals surface area contributed by atoms with Crippen LogP contribution in [0.1, 0.15) is 18.4 Å². The largest absolute Gasteiger partial charge is 0.497 e. The normalized spacial score (nSPS) is 19.1. The molecule has 2 aromatic rings. The zero-order valence-electron chi connectivity index (χ0n) is 18.7. The predicted molar refractivity (Wildman–Crippen MR) is 125 cm³/mol. The Hall–Kier alpha value is -3.32. The van der Waals surface area contributed by atoms with E-state index in [-0.39, 0.29) is 24.3 Å². The highest BCUT2D eigenvalue weighted by Gasteiger charge is 2.43. The van der Waals surface area contributed by atoms with Gasteiger partial charge in [0.1, 0.15) is 11.4 Å². The second-order valence-electron chi connectivity index (χ2n) is 8.45. The number of hydrogen-bond donors (Lipinski definition) is 1. The summed E-state index contributed by atoms with van der Waals surface area (Å²) in [6.45, 7) is 1.30. The highest BCUT2D eigenvalue weighted by Crippen LogP contribution is 2.37. The van der Waals surface area contributed by atoms with Gasteiger partial charge in [-0.15, -0.1) is 0 Å². The number of aliphatic hydroxyl groups is 1. The zero-order valence-corrected chi connectivity index (χ0v) is 18.7. The van der Waals surface area contributed by atoms with E-state index in [1.165, 1.54) is 4.90 Å². The van der Waals surface area contributed by atoms with E-state index < -0.39 is 0 Å². The Morgan fingerprint density at radius 1 is 1.03 bits per heavy atom. The molecule has 0 bridgehead atoms. The van der Waals surface area contributed by atoms with Crippen molar-refractivity contribution in [2.75, 3.05) is 50.7 Å². The van der Waals surface area contributed by atoms with Gasteiger partial charge >= 0.3 is 0 Å². The third-order valence-corrected chi connectivity index (χ3v) is 6.16. The number of amides is 2. The summed E-state index contributed by atoms with van der Waals surface area (Å²) in [5.41, 5.74) is 3.01. The third-order valence-electron chi connectivity index (χ3n) is 6.16. The van der Waals surface area contributed by atoms with Crippen molar-refractivity contribution >= 4 is 28.8 Å². The minimum Gasteiger partial charge on any atom is -0.497 e. The minimum absolute atomic E-state index is 0.0689. The van der Waals surface area contributed by atoms with Crippen LogP contribution in [0.4, 0.5) is 11.4 Å². The number of ether oxygens (including phenoxy) is 1. The summed E-state index contributed by atoms with van der Waals surface area (Å²) in [4.78, 5) is 32.5. The van der Waals surface area contributed by atoms with Crippen LogP contribution in [0.5, 0.6) is 5.75 Å². The van der Waals surface area contributed by atoms with Crippen molar-refractivity contribution in [3.63, 3.8) is 0 Å². The molecule has 1 unspecified atom stereocenters. The lowest BCUT2D eigenvalue weighted by molar-refractivity contribution is -0.120. The highest BCUT2D eigenvalue weighted by molar-refractivity contribution is 6.45. The van der Waals surface area contributed by atoms with E-state index in [9.17, 15) is 14.7 Å². The first-order chi connectivity index (χ1) is 15.4. The van der Waals surface area contributed by atoms with E-state index in [2.05, 4.69) is 0 Å². The number of carbonyl (C=O) groups is 2. The van der Waals surface area contributed by atoms with Gasteiger partial charge in [0.05, 0.1) is 18.4 Å². The highest BCUT2D eigenvalue weighted by atomic mass is 16.5. The molecule has 1 N–H and O–H groups in total. The summed E-state index contributed by atoms with van der Waals surface area (Å²) >= 11 is 0. The SMILES string of the molecule is COc1ccc(C2=C(N3CCCC(CO)C3)C(=O)N(c3ccc(N(C)C)cc3)C2=O)cc1. The average molecular weight is 436 g/mol. The second kappa shape index (κ2) is 9.04. The van der Waals surface area contributed by atoms with Crippen LogP contribution in [0.15, 0.2) is 54.2 Å². The molecule has 2 heterocycles. The standard InChI is InChI=1S/C25H29N3O4/c1-26(2)19-8-10-20(11-9-19)28-24(30)22(18-6-12-21(32-3)13-7-18)23(25(28)31)27-14-4-5-17(15-27)16-29/h6-13,17,29H,4-5,14-16H2,1-3H3. The summed E-state index contributed by atoms with van der Waals surface area (Å²) in [5, 5.41) is 9.69.